The zero-order chi connectivity index (χ0) is 12.4. The SMILES string of the molecule is CCNC(c1ccoc1Br)c1cc(Br)sc1Br. The van der Waals surface area contributed by atoms with E-state index < -0.39 is 0 Å². The number of hydrogen-bond acceptors (Lipinski definition) is 3. The molecule has 2 rings (SSSR count). The maximum absolute atomic E-state index is 5.31. The minimum Gasteiger partial charge on any atom is -0.457 e. The van der Waals surface area contributed by atoms with Crippen LogP contribution in [0.5, 0.6) is 0 Å². The number of rotatable bonds is 4. The van der Waals surface area contributed by atoms with Gasteiger partial charge in [-0.15, -0.1) is 11.3 Å². The van der Waals surface area contributed by atoms with Gasteiger partial charge in [0.25, 0.3) is 0 Å². The van der Waals surface area contributed by atoms with Gasteiger partial charge in [-0.1, -0.05) is 6.92 Å². The van der Waals surface area contributed by atoms with Crippen molar-refractivity contribution in [3.8, 4) is 0 Å². The first kappa shape index (κ1) is 13.8. The summed E-state index contributed by atoms with van der Waals surface area (Å²) in [6.45, 7) is 2.98. The third-order valence-corrected chi connectivity index (χ3v) is 5.39. The highest BCUT2D eigenvalue weighted by molar-refractivity contribution is 9.12. The third kappa shape index (κ3) is 3.04. The number of halogens is 3. The van der Waals surface area contributed by atoms with Gasteiger partial charge in [-0.25, -0.2) is 0 Å². The van der Waals surface area contributed by atoms with Gasteiger partial charge in [-0.3, -0.25) is 0 Å². The van der Waals surface area contributed by atoms with Gasteiger partial charge in [-0.2, -0.15) is 0 Å². The molecule has 0 aliphatic carbocycles. The van der Waals surface area contributed by atoms with Gasteiger partial charge in [0.2, 0.25) is 0 Å². The van der Waals surface area contributed by atoms with Crippen LogP contribution < -0.4 is 5.32 Å². The maximum atomic E-state index is 5.31. The zero-order valence-corrected chi connectivity index (χ0v) is 14.5. The Kier molecular flexibility index (Phi) is 4.88. The Balaban J connectivity index is 2.42. The summed E-state index contributed by atoms with van der Waals surface area (Å²) in [5.41, 5.74) is 2.32. The first-order valence-corrected chi connectivity index (χ1v) is 8.24. The average Bonchev–Trinajstić information content (AvgIpc) is 2.82. The summed E-state index contributed by atoms with van der Waals surface area (Å²) >= 11 is 12.2. The highest BCUT2D eigenvalue weighted by atomic mass is 79.9. The maximum Gasteiger partial charge on any atom is 0.174 e. The van der Waals surface area contributed by atoms with Gasteiger partial charge >= 0.3 is 0 Å². The van der Waals surface area contributed by atoms with Crippen LogP contribution in [0.2, 0.25) is 0 Å². The Hall–Kier alpha value is 0.380. The van der Waals surface area contributed by atoms with E-state index in [-0.39, 0.29) is 6.04 Å². The standard InChI is InChI=1S/C11H10Br3NOS/c1-2-15-9(6-3-4-16-10(6)13)7-5-8(12)17-11(7)14/h3-5,9,15H,2H2,1H3. The second-order valence-corrected chi connectivity index (χ2v) is 7.89. The molecular weight excluding hydrogens is 434 g/mol. The summed E-state index contributed by atoms with van der Waals surface area (Å²) in [6, 6.07) is 4.24. The first-order chi connectivity index (χ1) is 8.13. The van der Waals surface area contributed by atoms with E-state index >= 15 is 0 Å². The van der Waals surface area contributed by atoms with Crippen molar-refractivity contribution in [1.29, 1.82) is 0 Å². The Morgan fingerprint density at radius 2 is 2.12 bits per heavy atom. The molecule has 0 aliphatic heterocycles. The van der Waals surface area contributed by atoms with Crippen LogP contribution in [0.4, 0.5) is 0 Å². The van der Waals surface area contributed by atoms with Crippen LogP contribution in [0, 0.1) is 0 Å². The van der Waals surface area contributed by atoms with Crippen molar-refractivity contribution in [3.05, 3.63) is 41.8 Å². The highest BCUT2D eigenvalue weighted by Crippen LogP contribution is 2.39. The van der Waals surface area contributed by atoms with E-state index in [4.69, 9.17) is 4.42 Å². The molecule has 6 heteroatoms. The molecule has 0 fully saturated rings. The van der Waals surface area contributed by atoms with E-state index in [0.717, 1.165) is 24.4 Å². The molecule has 0 amide bonds. The molecule has 1 unspecified atom stereocenters. The van der Waals surface area contributed by atoms with Crippen LogP contribution in [-0.4, -0.2) is 6.54 Å². The Morgan fingerprint density at radius 3 is 2.59 bits per heavy atom. The predicted octanol–water partition coefficient (Wildman–Crippen LogP) is 5.33. The van der Waals surface area contributed by atoms with Crippen molar-refractivity contribution in [2.75, 3.05) is 6.54 Å². The van der Waals surface area contributed by atoms with E-state index in [1.54, 1.807) is 17.6 Å². The molecule has 2 aromatic rings. The normalized spacial score (nSPS) is 12.9. The van der Waals surface area contributed by atoms with Crippen molar-refractivity contribution < 1.29 is 4.42 Å². The summed E-state index contributed by atoms with van der Waals surface area (Å²) in [6.07, 6.45) is 1.69. The summed E-state index contributed by atoms with van der Waals surface area (Å²) in [7, 11) is 0. The predicted molar refractivity (Wildman–Crippen MR) is 81.6 cm³/mol. The summed E-state index contributed by atoms with van der Waals surface area (Å²) in [5.74, 6) is 0. The summed E-state index contributed by atoms with van der Waals surface area (Å²) in [4.78, 5) is 0. The monoisotopic (exact) mass is 441 g/mol. The molecule has 92 valence electrons. The number of hydrogen-bond donors (Lipinski definition) is 1. The molecule has 0 spiro atoms. The van der Waals surface area contributed by atoms with E-state index in [1.807, 2.05) is 6.07 Å². The van der Waals surface area contributed by atoms with Gasteiger partial charge in [-0.05, 0) is 72.0 Å². The second kappa shape index (κ2) is 6.02. The zero-order valence-electron chi connectivity index (χ0n) is 8.97. The fourth-order valence-electron chi connectivity index (χ4n) is 1.65. The van der Waals surface area contributed by atoms with E-state index in [9.17, 15) is 0 Å². The fraction of sp³-hybridized carbons (Fsp3) is 0.273. The van der Waals surface area contributed by atoms with Gasteiger partial charge < -0.3 is 9.73 Å². The molecule has 0 saturated carbocycles. The van der Waals surface area contributed by atoms with Crippen molar-refractivity contribution >= 4 is 59.1 Å². The average molecular weight is 444 g/mol. The lowest BCUT2D eigenvalue weighted by molar-refractivity contribution is 0.526. The van der Waals surface area contributed by atoms with Crippen LogP contribution in [0.25, 0.3) is 0 Å². The van der Waals surface area contributed by atoms with Crippen LogP contribution in [-0.2, 0) is 0 Å². The Labute approximate surface area is 129 Å². The molecule has 17 heavy (non-hydrogen) atoms. The molecule has 1 atom stereocenters. The molecule has 2 aromatic heterocycles. The minimum atomic E-state index is 0.130. The largest absolute Gasteiger partial charge is 0.457 e. The number of thiophene rings is 1. The minimum absolute atomic E-state index is 0.130. The Morgan fingerprint density at radius 1 is 1.35 bits per heavy atom. The van der Waals surface area contributed by atoms with Crippen molar-refractivity contribution in [3.63, 3.8) is 0 Å². The molecule has 0 bridgehead atoms. The summed E-state index contributed by atoms with van der Waals surface area (Å²) in [5, 5.41) is 3.46. The van der Waals surface area contributed by atoms with Gasteiger partial charge in [0.05, 0.1) is 19.9 Å². The molecule has 0 radical (unpaired) electrons. The first-order valence-electron chi connectivity index (χ1n) is 5.04. The van der Waals surface area contributed by atoms with E-state index in [2.05, 4.69) is 66.1 Å². The van der Waals surface area contributed by atoms with E-state index in [1.165, 1.54) is 5.56 Å². The van der Waals surface area contributed by atoms with Gasteiger partial charge in [0.15, 0.2) is 4.67 Å². The van der Waals surface area contributed by atoms with Crippen LogP contribution in [0.1, 0.15) is 24.1 Å². The quantitative estimate of drug-likeness (QED) is 0.691. The molecular formula is C11H10Br3NOS. The smallest absolute Gasteiger partial charge is 0.174 e. The Bertz CT molecular complexity index is 509. The van der Waals surface area contributed by atoms with Crippen LogP contribution in [0.3, 0.4) is 0 Å². The third-order valence-electron chi connectivity index (χ3n) is 2.36. The fourth-order valence-corrected chi connectivity index (χ4v) is 5.02. The molecule has 0 aromatic carbocycles. The lowest BCUT2D eigenvalue weighted by Crippen LogP contribution is -2.21. The van der Waals surface area contributed by atoms with Crippen molar-refractivity contribution in [2.24, 2.45) is 0 Å². The highest BCUT2D eigenvalue weighted by Gasteiger charge is 2.21. The summed E-state index contributed by atoms with van der Waals surface area (Å²) < 4.78 is 8.33. The molecule has 0 saturated heterocycles. The topological polar surface area (TPSA) is 25.2 Å². The van der Waals surface area contributed by atoms with Crippen molar-refractivity contribution in [1.82, 2.24) is 5.32 Å². The van der Waals surface area contributed by atoms with Crippen LogP contribution >= 0.6 is 59.1 Å². The molecule has 0 aliphatic rings. The lowest BCUT2D eigenvalue weighted by atomic mass is 10.0. The van der Waals surface area contributed by atoms with Crippen LogP contribution in [0.15, 0.2) is 35.1 Å². The number of nitrogens with one attached hydrogen (secondary N) is 1. The number of furan rings is 1. The molecule has 2 nitrogen and oxygen atoms in total. The molecule has 2 heterocycles. The van der Waals surface area contributed by atoms with Gasteiger partial charge in [0.1, 0.15) is 0 Å². The lowest BCUT2D eigenvalue weighted by Gasteiger charge is -2.16. The van der Waals surface area contributed by atoms with E-state index in [0.29, 0.717) is 0 Å². The van der Waals surface area contributed by atoms with Gasteiger partial charge in [0, 0.05) is 5.56 Å². The second-order valence-electron chi connectivity index (χ2n) is 3.42. The van der Waals surface area contributed by atoms with Crippen molar-refractivity contribution in [2.45, 2.75) is 13.0 Å². The molecule has 1 N–H and O–H groups in total.